The minimum atomic E-state index is -0.589. The number of nitrogens with zero attached hydrogens (tertiary/aromatic N) is 3. The summed E-state index contributed by atoms with van der Waals surface area (Å²) in [5, 5.41) is 11.8. The molecule has 0 bridgehead atoms. The highest BCUT2D eigenvalue weighted by Gasteiger charge is 2.33. The lowest BCUT2D eigenvalue weighted by Crippen LogP contribution is -2.51. The number of piperazine rings is 1. The first kappa shape index (κ1) is 22.7. The van der Waals surface area contributed by atoms with Crippen molar-refractivity contribution in [1.82, 2.24) is 9.80 Å². The molecule has 1 amide bonds. The topological polar surface area (TPSA) is 93.0 Å². The van der Waals surface area contributed by atoms with Crippen molar-refractivity contribution >= 4 is 29.2 Å². The molecule has 0 aromatic heterocycles. The van der Waals surface area contributed by atoms with E-state index in [4.69, 9.17) is 16.3 Å². The fourth-order valence-electron chi connectivity index (χ4n) is 3.77. The third kappa shape index (κ3) is 5.03. The van der Waals surface area contributed by atoms with Gasteiger partial charge in [-0.2, -0.15) is 0 Å². The minimum Gasteiger partial charge on any atom is -0.465 e. The monoisotopic (exact) mass is 445 g/mol. The second-order valence-electron chi connectivity index (χ2n) is 7.24. The average Bonchev–Trinajstić information content (AvgIpc) is 2.75. The Hall–Kier alpha value is -2.97. The first-order valence-electron chi connectivity index (χ1n) is 10.0. The van der Waals surface area contributed by atoms with Gasteiger partial charge in [-0.1, -0.05) is 29.8 Å². The van der Waals surface area contributed by atoms with Crippen LogP contribution in [0.25, 0.3) is 0 Å². The molecule has 0 spiro atoms. The highest BCUT2D eigenvalue weighted by Crippen LogP contribution is 2.27. The van der Waals surface area contributed by atoms with Crippen LogP contribution in [0.15, 0.2) is 42.5 Å². The summed E-state index contributed by atoms with van der Waals surface area (Å²) >= 11 is 5.98. The molecule has 0 N–H and O–H groups in total. The van der Waals surface area contributed by atoms with E-state index in [0.717, 1.165) is 5.56 Å². The van der Waals surface area contributed by atoms with E-state index in [1.807, 2.05) is 4.90 Å². The van der Waals surface area contributed by atoms with Crippen LogP contribution >= 0.6 is 11.6 Å². The quantitative estimate of drug-likeness (QED) is 0.383. The van der Waals surface area contributed by atoms with Gasteiger partial charge in [0.15, 0.2) is 0 Å². The number of hydrogen-bond donors (Lipinski definition) is 0. The molecule has 31 heavy (non-hydrogen) atoms. The number of carbonyl (C=O) groups excluding carboxylic acids is 2. The average molecular weight is 446 g/mol. The van der Waals surface area contributed by atoms with Gasteiger partial charge in [-0.25, -0.2) is 4.79 Å². The second-order valence-corrected chi connectivity index (χ2v) is 7.68. The van der Waals surface area contributed by atoms with Crippen molar-refractivity contribution in [2.45, 2.75) is 19.9 Å². The van der Waals surface area contributed by atoms with E-state index in [0.29, 0.717) is 42.3 Å². The van der Waals surface area contributed by atoms with Gasteiger partial charge in [-0.15, -0.1) is 0 Å². The second kappa shape index (κ2) is 9.89. The van der Waals surface area contributed by atoms with Gasteiger partial charge in [0.2, 0.25) is 0 Å². The van der Waals surface area contributed by atoms with Gasteiger partial charge in [0.05, 0.1) is 11.5 Å². The molecule has 3 rings (SSSR count). The minimum absolute atomic E-state index is 0.0744. The van der Waals surface area contributed by atoms with Crippen LogP contribution < -0.4 is 0 Å². The zero-order valence-corrected chi connectivity index (χ0v) is 18.2. The van der Waals surface area contributed by atoms with Gasteiger partial charge in [0, 0.05) is 48.4 Å². The molecule has 1 saturated heterocycles. The molecule has 0 saturated carbocycles. The summed E-state index contributed by atoms with van der Waals surface area (Å²) in [6.07, 6.45) is 0. The SMILES string of the molecule is CCOC(=O)C(c1ccc(Cl)cc1)N1CCN(C(=O)c2cccc([N+](=O)[O-])c2C)CC1. The van der Waals surface area contributed by atoms with E-state index in [1.54, 1.807) is 49.1 Å². The first-order chi connectivity index (χ1) is 14.8. The van der Waals surface area contributed by atoms with Gasteiger partial charge in [0.25, 0.3) is 11.6 Å². The maximum absolute atomic E-state index is 13.0. The van der Waals surface area contributed by atoms with E-state index in [-0.39, 0.29) is 24.2 Å². The number of rotatable bonds is 6. The lowest BCUT2D eigenvalue weighted by atomic mass is 10.0. The molecule has 1 aliphatic rings. The van der Waals surface area contributed by atoms with Crippen molar-refractivity contribution in [2.75, 3.05) is 32.8 Å². The van der Waals surface area contributed by atoms with Crippen molar-refractivity contribution in [1.29, 1.82) is 0 Å². The van der Waals surface area contributed by atoms with Crippen LogP contribution in [-0.2, 0) is 9.53 Å². The van der Waals surface area contributed by atoms with E-state index in [2.05, 4.69) is 0 Å². The van der Waals surface area contributed by atoms with E-state index in [1.165, 1.54) is 12.1 Å². The summed E-state index contributed by atoms with van der Waals surface area (Å²) in [7, 11) is 0. The Morgan fingerprint density at radius 2 is 1.77 bits per heavy atom. The molecule has 0 aliphatic carbocycles. The molecular weight excluding hydrogens is 422 g/mol. The van der Waals surface area contributed by atoms with Crippen molar-refractivity contribution in [3.05, 3.63) is 74.3 Å². The molecule has 1 fully saturated rings. The standard InChI is InChI=1S/C22H24ClN3O5/c1-3-31-22(28)20(16-7-9-17(23)10-8-16)24-11-13-25(14-12-24)21(27)18-5-4-6-19(15(18)2)26(29)30/h4-10,20H,3,11-14H2,1-2H3. The van der Waals surface area contributed by atoms with Gasteiger partial charge in [0.1, 0.15) is 6.04 Å². The van der Waals surface area contributed by atoms with Crippen molar-refractivity contribution in [2.24, 2.45) is 0 Å². The van der Waals surface area contributed by atoms with Gasteiger partial charge in [-0.3, -0.25) is 19.8 Å². The Bertz CT molecular complexity index is 972. The summed E-state index contributed by atoms with van der Waals surface area (Å²) in [5.41, 5.74) is 1.37. The molecule has 8 nitrogen and oxygen atoms in total. The Morgan fingerprint density at radius 1 is 1.13 bits per heavy atom. The lowest BCUT2D eigenvalue weighted by Gasteiger charge is -2.38. The maximum atomic E-state index is 13.0. The predicted octanol–water partition coefficient (Wildman–Crippen LogP) is 3.62. The van der Waals surface area contributed by atoms with Crippen molar-refractivity contribution in [3.8, 4) is 0 Å². The first-order valence-corrected chi connectivity index (χ1v) is 10.4. The van der Waals surface area contributed by atoms with Crippen LogP contribution in [0.2, 0.25) is 5.02 Å². The summed E-state index contributed by atoms with van der Waals surface area (Å²) in [4.78, 5) is 40.0. The highest BCUT2D eigenvalue weighted by atomic mass is 35.5. The fourth-order valence-corrected chi connectivity index (χ4v) is 3.89. The number of carbonyl (C=O) groups is 2. The Morgan fingerprint density at radius 3 is 2.35 bits per heavy atom. The summed E-state index contributed by atoms with van der Waals surface area (Å²) in [6.45, 7) is 5.33. The molecule has 0 radical (unpaired) electrons. The number of nitro benzene ring substituents is 1. The van der Waals surface area contributed by atoms with Crippen LogP contribution in [0.3, 0.4) is 0 Å². The Balaban J connectivity index is 1.75. The molecule has 164 valence electrons. The van der Waals surface area contributed by atoms with Crippen LogP contribution in [0.4, 0.5) is 5.69 Å². The smallest absolute Gasteiger partial charge is 0.328 e. The summed E-state index contributed by atoms with van der Waals surface area (Å²) < 4.78 is 5.28. The maximum Gasteiger partial charge on any atom is 0.328 e. The number of ether oxygens (including phenoxy) is 1. The largest absolute Gasteiger partial charge is 0.465 e. The molecule has 1 atom stereocenters. The number of hydrogen-bond acceptors (Lipinski definition) is 6. The van der Waals surface area contributed by atoms with E-state index < -0.39 is 11.0 Å². The Labute approximate surface area is 185 Å². The summed E-state index contributed by atoms with van der Waals surface area (Å²) in [5.74, 6) is -0.598. The number of esters is 1. The molecule has 2 aromatic rings. The molecule has 9 heteroatoms. The van der Waals surface area contributed by atoms with Gasteiger partial charge in [-0.05, 0) is 37.6 Å². The fraction of sp³-hybridized carbons (Fsp3) is 0.364. The number of amides is 1. The van der Waals surface area contributed by atoms with Crippen LogP contribution in [0, 0.1) is 17.0 Å². The van der Waals surface area contributed by atoms with Crippen LogP contribution in [0.5, 0.6) is 0 Å². The molecule has 2 aromatic carbocycles. The number of benzene rings is 2. The van der Waals surface area contributed by atoms with Crippen molar-refractivity contribution < 1.29 is 19.2 Å². The lowest BCUT2D eigenvalue weighted by molar-refractivity contribution is -0.385. The van der Waals surface area contributed by atoms with Crippen LogP contribution in [-0.4, -0.2) is 59.4 Å². The third-order valence-electron chi connectivity index (χ3n) is 5.39. The zero-order valence-electron chi connectivity index (χ0n) is 17.4. The Kier molecular flexibility index (Phi) is 7.25. The zero-order chi connectivity index (χ0) is 22.5. The van der Waals surface area contributed by atoms with Crippen molar-refractivity contribution in [3.63, 3.8) is 0 Å². The predicted molar refractivity (Wildman–Crippen MR) is 116 cm³/mol. The number of nitro groups is 1. The summed E-state index contributed by atoms with van der Waals surface area (Å²) in [6, 6.07) is 11.0. The normalized spacial score (nSPS) is 15.4. The number of halogens is 1. The van der Waals surface area contributed by atoms with Gasteiger partial charge < -0.3 is 9.64 Å². The van der Waals surface area contributed by atoms with Crippen LogP contribution in [0.1, 0.15) is 34.5 Å². The molecular formula is C22H24ClN3O5. The molecule has 1 unspecified atom stereocenters. The third-order valence-corrected chi connectivity index (χ3v) is 5.65. The highest BCUT2D eigenvalue weighted by molar-refractivity contribution is 6.30. The molecule has 1 aliphatic heterocycles. The molecule has 1 heterocycles. The van der Waals surface area contributed by atoms with E-state index in [9.17, 15) is 19.7 Å². The van der Waals surface area contributed by atoms with Gasteiger partial charge >= 0.3 is 5.97 Å². The van der Waals surface area contributed by atoms with E-state index >= 15 is 0 Å².